The van der Waals surface area contributed by atoms with Crippen LogP contribution in [-0.2, 0) is 0 Å². The van der Waals surface area contributed by atoms with Gasteiger partial charge in [0, 0.05) is 17.4 Å². The van der Waals surface area contributed by atoms with Crippen LogP contribution in [0.4, 0.5) is 30.4 Å². The number of anilines is 3. The molecule has 9 heteroatoms. The predicted molar refractivity (Wildman–Crippen MR) is 106 cm³/mol. The lowest BCUT2D eigenvalue weighted by Gasteiger charge is -2.17. The van der Waals surface area contributed by atoms with Gasteiger partial charge in [-0.05, 0) is 36.2 Å². The third kappa shape index (κ3) is 4.57. The summed E-state index contributed by atoms with van der Waals surface area (Å²) in [5, 5.41) is 11.0. The van der Waals surface area contributed by atoms with E-state index < -0.39 is 12.1 Å². The summed E-state index contributed by atoms with van der Waals surface area (Å²) in [6, 6.07) is 12.8. The molecule has 0 saturated heterocycles. The lowest BCUT2D eigenvalue weighted by atomic mass is 9.99. The lowest BCUT2D eigenvalue weighted by molar-refractivity contribution is -0.274. The van der Waals surface area contributed by atoms with Crippen molar-refractivity contribution >= 4 is 23.0 Å². The molecule has 0 saturated carbocycles. The molecule has 0 amide bonds. The van der Waals surface area contributed by atoms with E-state index in [4.69, 9.17) is 16.9 Å². The Morgan fingerprint density at radius 1 is 1.14 bits per heavy atom. The molecule has 3 rings (SSSR count). The number of pyridine rings is 1. The number of aryl methyl sites for hydroxylation is 1. The van der Waals surface area contributed by atoms with Crippen molar-refractivity contribution in [3.05, 3.63) is 65.9 Å². The molecule has 2 aromatic carbocycles. The SMILES string of the molecule is Cc1ccccc1Nc1ncc(-c2cccc(OC(F)(F)F)c2)c(C(=N)N)c1N. The van der Waals surface area contributed by atoms with Crippen molar-refractivity contribution in [1.82, 2.24) is 4.98 Å². The first-order valence-corrected chi connectivity index (χ1v) is 8.47. The molecule has 0 unspecified atom stereocenters. The topological polar surface area (TPSA) is 110 Å². The predicted octanol–water partition coefficient (Wildman–Crippen LogP) is 4.57. The Labute approximate surface area is 164 Å². The number of aromatic nitrogens is 1. The molecular formula is C20H18F3N5O. The van der Waals surface area contributed by atoms with E-state index in [-0.39, 0.29) is 22.9 Å². The number of rotatable bonds is 5. The first kappa shape index (κ1) is 20.0. The summed E-state index contributed by atoms with van der Waals surface area (Å²) in [4.78, 5) is 4.29. The van der Waals surface area contributed by atoms with E-state index in [9.17, 15) is 13.2 Å². The number of ether oxygens (including phenoxy) is 1. The summed E-state index contributed by atoms with van der Waals surface area (Å²) in [7, 11) is 0. The van der Waals surface area contributed by atoms with Crippen LogP contribution in [0.25, 0.3) is 11.1 Å². The summed E-state index contributed by atoms with van der Waals surface area (Å²) in [5.74, 6) is -0.448. The molecule has 0 radical (unpaired) electrons. The second-order valence-electron chi connectivity index (χ2n) is 6.24. The summed E-state index contributed by atoms with van der Waals surface area (Å²) < 4.78 is 41.5. The molecule has 0 atom stereocenters. The van der Waals surface area contributed by atoms with Crippen molar-refractivity contribution < 1.29 is 17.9 Å². The highest BCUT2D eigenvalue weighted by Gasteiger charge is 2.31. The largest absolute Gasteiger partial charge is 0.573 e. The van der Waals surface area contributed by atoms with Gasteiger partial charge in [-0.3, -0.25) is 5.41 Å². The number of benzene rings is 2. The number of hydrogen-bond acceptors (Lipinski definition) is 5. The van der Waals surface area contributed by atoms with Crippen molar-refractivity contribution in [3.8, 4) is 16.9 Å². The number of alkyl halides is 3. The van der Waals surface area contributed by atoms with Gasteiger partial charge in [-0.15, -0.1) is 13.2 Å². The number of para-hydroxylation sites is 1. The smallest absolute Gasteiger partial charge is 0.406 e. The molecule has 0 spiro atoms. The third-order valence-corrected chi connectivity index (χ3v) is 4.16. The Morgan fingerprint density at radius 3 is 2.52 bits per heavy atom. The minimum atomic E-state index is -4.82. The van der Waals surface area contributed by atoms with Crippen LogP contribution in [0.3, 0.4) is 0 Å². The molecule has 1 heterocycles. The van der Waals surface area contributed by atoms with Gasteiger partial charge in [-0.25, -0.2) is 4.98 Å². The monoisotopic (exact) mass is 401 g/mol. The molecule has 1 aromatic heterocycles. The maximum absolute atomic E-state index is 12.5. The van der Waals surface area contributed by atoms with Gasteiger partial charge in [0.15, 0.2) is 5.82 Å². The summed E-state index contributed by atoms with van der Waals surface area (Å²) in [6.45, 7) is 1.91. The van der Waals surface area contributed by atoms with Gasteiger partial charge in [0.2, 0.25) is 0 Å². The standard InChI is InChI=1S/C20H18F3N5O/c1-11-5-2-3-8-15(11)28-19-17(24)16(18(25)26)14(10-27-19)12-6-4-7-13(9-12)29-20(21,22)23/h2-10H,24H2,1H3,(H3,25,26)(H,27,28). The molecule has 0 aliphatic carbocycles. The fourth-order valence-electron chi connectivity index (χ4n) is 2.84. The van der Waals surface area contributed by atoms with Crippen LogP contribution in [0.15, 0.2) is 54.7 Å². The minimum Gasteiger partial charge on any atom is -0.406 e. The number of hydrogen-bond donors (Lipinski definition) is 4. The molecule has 6 N–H and O–H groups in total. The Hall–Kier alpha value is -3.75. The van der Waals surface area contributed by atoms with Crippen molar-refractivity contribution in [3.63, 3.8) is 0 Å². The van der Waals surface area contributed by atoms with Crippen LogP contribution in [0, 0.1) is 12.3 Å². The zero-order valence-electron chi connectivity index (χ0n) is 15.3. The molecule has 29 heavy (non-hydrogen) atoms. The van der Waals surface area contributed by atoms with Crippen LogP contribution >= 0.6 is 0 Å². The second-order valence-corrected chi connectivity index (χ2v) is 6.24. The molecule has 0 aliphatic heterocycles. The zero-order valence-corrected chi connectivity index (χ0v) is 15.3. The molecule has 6 nitrogen and oxygen atoms in total. The van der Waals surface area contributed by atoms with Gasteiger partial charge in [0.05, 0.1) is 11.3 Å². The number of amidine groups is 1. The van der Waals surface area contributed by atoms with Gasteiger partial charge in [-0.1, -0.05) is 30.3 Å². The van der Waals surface area contributed by atoms with Crippen LogP contribution in [-0.4, -0.2) is 17.2 Å². The highest BCUT2D eigenvalue weighted by atomic mass is 19.4. The van der Waals surface area contributed by atoms with Crippen LogP contribution in [0.2, 0.25) is 0 Å². The summed E-state index contributed by atoms with van der Waals surface area (Å²) in [6.07, 6.45) is -3.42. The minimum absolute atomic E-state index is 0.111. The first-order valence-electron chi connectivity index (χ1n) is 8.47. The zero-order chi connectivity index (χ0) is 21.2. The van der Waals surface area contributed by atoms with E-state index in [1.54, 1.807) is 6.07 Å². The average molecular weight is 401 g/mol. The maximum Gasteiger partial charge on any atom is 0.573 e. The van der Waals surface area contributed by atoms with E-state index in [1.807, 2.05) is 31.2 Å². The highest BCUT2D eigenvalue weighted by Crippen LogP contribution is 2.35. The number of nitrogen functional groups attached to an aromatic ring is 2. The highest BCUT2D eigenvalue weighted by molar-refractivity contribution is 6.08. The summed E-state index contributed by atoms with van der Waals surface area (Å²) >= 11 is 0. The number of nitrogens with two attached hydrogens (primary N) is 2. The molecule has 0 fully saturated rings. The molecule has 3 aromatic rings. The third-order valence-electron chi connectivity index (χ3n) is 4.16. The summed E-state index contributed by atoms with van der Waals surface area (Å²) in [5.41, 5.74) is 14.6. The normalized spacial score (nSPS) is 11.2. The van der Waals surface area contributed by atoms with Gasteiger partial charge < -0.3 is 21.5 Å². The maximum atomic E-state index is 12.5. The quantitative estimate of drug-likeness (QED) is 0.370. The molecule has 0 aliphatic rings. The van der Waals surface area contributed by atoms with Crippen LogP contribution < -0.4 is 21.5 Å². The Morgan fingerprint density at radius 2 is 1.86 bits per heavy atom. The molecular weight excluding hydrogens is 383 g/mol. The average Bonchev–Trinajstić information content (AvgIpc) is 2.63. The van der Waals surface area contributed by atoms with Gasteiger partial charge in [0.1, 0.15) is 11.6 Å². The molecule has 0 bridgehead atoms. The van der Waals surface area contributed by atoms with Gasteiger partial charge >= 0.3 is 6.36 Å². The first-order chi connectivity index (χ1) is 13.7. The van der Waals surface area contributed by atoms with E-state index in [2.05, 4.69) is 15.0 Å². The van der Waals surface area contributed by atoms with Crippen molar-refractivity contribution in [2.75, 3.05) is 11.1 Å². The Bertz CT molecular complexity index is 1070. The fourth-order valence-corrected chi connectivity index (χ4v) is 2.84. The molecule has 150 valence electrons. The van der Waals surface area contributed by atoms with Crippen LogP contribution in [0.1, 0.15) is 11.1 Å². The van der Waals surface area contributed by atoms with E-state index in [1.165, 1.54) is 24.4 Å². The van der Waals surface area contributed by atoms with Gasteiger partial charge in [-0.2, -0.15) is 0 Å². The Balaban J connectivity index is 2.05. The van der Waals surface area contributed by atoms with Crippen molar-refractivity contribution in [2.45, 2.75) is 13.3 Å². The van der Waals surface area contributed by atoms with E-state index in [0.29, 0.717) is 11.1 Å². The lowest BCUT2D eigenvalue weighted by Crippen LogP contribution is -2.18. The van der Waals surface area contributed by atoms with Crippen molar-refractivity contribution in [1.29, 1.82) is 5.41 Å². The van der Waals surface area contributed by atoms with E-state index >= 15 is 0 Å². The number of halogens is 3. The number of nitrogens with zero attached hydrogens (tertiary/aromatic N) is 1. The van der Waals surface area contributed by atoms with Gasteiger partial charge in [0.25, 0.3) is 0 Å². The Kier molecular flexibility index (Phi) is 5.31. The number of nitrogens with one attached hydrogen (secondary N) is 2. The fraction of sp³-hybridized carbons (Fsp3) is 0.100. The van der Waals surface area contributed by atoms with Crippen molar-refractivity contribution in [2.24, 2.45) is 5.73 Å². The van der Waals surface area contributed by atoms with Crippen LogP contribution in [0.5, 0.6) is 5.75 Å². The van der Waals surface area contributed by atoms with E-state index in [0.717, 1.165) is 11.3 Å². The second kappa shape index (κ2) is 7.70.